The fourth-order valence-electron chi connectivity index (χ4n) is 3.93. The number of pyridine rings is 2. The highest BCUT2D eigenvalue weighted by Crippen LogP contribution is 2.31. The van der Waals surface area contributed by atoms with Crippen LogP contribution in [0.25, 0.3) is 11.3 Å². The number of hydrogen-bond donors (Lipinski definition) is 0. The number of fused-ring (bicyclic) bond motifs is 1. The first kappa shape index (κ1) is 22.8. The molecule has 6 heteroatoms. The Morgan fingerprint density at radius 1 is 1.00 bits per heavy atom. The molecule has 0 saturated carbocycles. The Morgan fingerprint density at radius 3 is 2.55 bits per heavy atom. The number of nitrogens with zero attached hydrogens (tertiary/aromatic N) is 3. The average molecular weight is 446 g/mol. The van der Waals surface area contributed by atoms with Crippen molar-refractivity contribution in [1.29, 1.82) is 0 Å². The van der Waals surface area contributed by atoms with Crippen molar-refractivity contribution in [1.82, 2.24) is 14.9 Å². The molecule has 0 fully saturated rings. The number of aromatic nitrogens is 2. The van der Waals surface area contributed by atoms with E-state index >= 15 is 0 Å². The Hall–Kier alpha value is -3.41. The Labute approximate surface area is 195 Å². The van der Waals surface area contributed by atoms with Gasteiger partial charge >= 0.3 is 6.09 Å². The predicted molar refractivity (Wildman–Crippen MR) is 128 cm³/mol. The lowest BCUT2D eigenvalue weighted by Crippen LogP contribution is -2.38. The molecule has 2 aromatic heterocycles. The van der Waals surface area contributed by atoms with Gasteiger partial charge in [0, 0.05) is 31.0 Å². The molecule has 3 heterocycles. The molecule has 0 bridgehead atoms. The smallest absolute Gasteiger partial charge is 0.410 e. The molecule has 0 saturated heterocycles. The summed E-state index contributed by atoms with van der Waals surface area (Å²) in [7, 11) is 0. The lowest BCUT2D eigenvalue weighted by molar-refractivity contribution is 0.0258. The van der Waals surface area contributed by atoms with Crippen molar-refractivity contribution in [3.63, 3.8) is 0 Å². The molecule has 1 aliphatic rings. The molecule has 0 radical (unpaired) electrons. The van der Waals surface area contributed by atoms with Crippen molar-refractivity contribution in [2.45, 2.75) is 52.7 Å². The van der Waals surface area contributed by atoms with E-state index in [1.54, 1.807) is 17.3 Å². The lowest BCUT2D eigenvalue weighted by Gasteiger charge is -2.26. The van der Waals surface area contributed by atoms with E-state index in [0.29, 0.717) is 19.7 Å². The third kappa shape index (κ3) is 5.89. The molecule has 1 aromatic carbocycles. The summed E-state index contributed by atoms with van der Waals surface area (Å²) < 4.78 is 11.7. The van der Waals surface area contributed by atoms with E-state index < -0.39 is 5.60 Å². The van der Waals surface area contributed by atoms with E-state index in [0.717, 1.165) is 41.1 Å². The molecule has 1 aliphatic heterocycles. The van der Waals surface area contributed by atoms with Gasteiger partial charge in [-0.3, -0.25) is 9.97 Å². The monoisotopic (exact) mass is 445 g/mol. The number of carbonyl (C=O) groups excluding carboxylic acids is 1. The second kappa shape index (κ2) is 9.61. The van der Waals surface area contributed by atoms with Crippen LogP contribution >= 0.6 is 0 Å². The number of amides is 1. The third-order valence-electron chi connectivity index (χ3n) is 5.55. The largest absolute Gasteiger partial charge is 0.485 e. The minimum absolute atomic E-state index is 0.249. The number of aryl methyl sites for hydroxylation is 1. The molecular weight excluding hydrogens is 414 g/mol. The van der Waals surface area contributed by atoms with Crippen molar-refractivity contribution < 1.29 is 14.3 Å². The van der Waals surface area contributed by atoms with Crippen LogP contribution in [-0.2, 0) is 24.2 Å². The maximum Gasteiger partial charge on any atom is 0.410 e. The minimum Gasteiger partial charge on any atom is -0.485 e. The van der Waals surface area contributed by atoms with E-state index in [4.69, 9.17) is 9.47 Å². The van der Waals surface area contributed by atoms with E-state index in [9.17, 15) is 4.79 Å². The average Bonchev–Trinajstić information content (AvgIpc) is 2.99. The normalized spacial score (nSPS) is 13.8. The van der Waals surface area contributed by atoms with Gasteiger partial charge in [0.1, 0.15) is 23.7 Å². The molecule has 1 amide bonds. The second-order valence-corrected chi connectivity index (χ2v) is 9.41. The summed E-state index contributed by atoms with van der Waals surface area (Å²) in [5.41, 5.74) is 5.85. The van der Waals surface area contributed by atoms with Gasteiger partial charge in [0.05, 0.1) is 5.69 Å². The summed E-state index contributed by atoms with van der Waals surface area (Å²) in [6.07, 6.45) is 4.91. The van der Waals surface area contributed by atoms with E-state index in [-0.39, 0.29) is 6.09 Å². The summed E-state index contributed by atoms with van der Waals surface area (Å²) in [6.45, 7) is 9.40. The minimum atomic E-state index is -0.493. The molecule has 4 rings (SSSR count). The molecule has 6 nitrogen and oxygen atoms in total. The van der Waals surface area contributed by atoms with Crippen LogP contribution in [0, 0.1) is 6.92 Å². The molecule has 0 aliphatic carbocycles. The van der Waals surface area contributed by atoms with Crippen LogP contribution in [0.1, 0.15) is 43.2 Å². The highest BCUT2D eigenvalue weighted by molar-refractivity contribution is 5.69. The third-order valence-corrected chi connectivity index (χ3v) is 5.55. The van der Waals surface area contributed by atoms with Gasteiger partial charge in [-0.25, -0.2) is 4.79 Å². The number of benzene rings is 1. The van der Waals surface area contributed by atoms with Crippen molar-refractivity contribution >= 4 is 6.09 Å². The summed E-state index contributed by atoms with van der Waals surface area (Å²) in [6, 6.07) is 14.2. The fourth-order valence-corrected chi connectivity index (χ4v) is 3.93. The van der Waals surface area contributed by atoms with Crippen molar-refractivity contribution in [2.75, 3.05) is 13.1 Å². The van der Waals surface area contributed by atoms with Gasteiger partial charge in [0.2, 0.25) is 0 Å². The van der Waals surface area contributed by atoms with Crippen LogP contribution in [0.15, 0.2) is 54.9 Å². The first-order chi connectivity index (χ1) is 15.8. The first-order valence-electron chi connectivity index (χ1n) is 11.4. The lowest BCUT2D eigenvalue weighted by atomic mass is 9.98. The number of rotatable bonds is 4. The van der Waals surface area contributed by atoms with E-state index in [1.165, 1.54) is 11.1 Å². The zero-order valence-corrected chi connectivity index (χ0v) is 19.8. The van der Waals surface area contributed by atoms with Gasteiger partial charge in [0.25, 0.3) is 0 Å². The van der Waals surface area contributed by atoms with Crippen LogP contribution in [-0.4, -0.2) is 39.7 Å². The van der Waals surface area contributed by atoms with Gasteiger partial charge in [-0.2, -0.15) is 0 Å². The van der Waals surface area contributed by atoms with E-state index in [2.05, 4.69) is 28.2 Å². The SMILES string of the molecule is Cc1ccnc(COc2cccnc2-c2ccc3c(c2)CCN(C(=O)OC(C)(C)C)CC3)c1. The molecule has 0 N–H and O–H groups in total. The van der Waals surface area contributed by atoms with E-state index in [1.807, 2.05) is 52.0 Å². The van der Waals surface area contributed by atoms with Gasteiger partial charge in [-0.15, -0.1) is 0 Å². The van der Waals surface area contributed by atoms with Gasteiger partial charge < -0.3 is 14.4 Å². The Morgan fingerprint density at radius 2 is 1.79 bits per heavy atom. The summed E-state index contributed by atoms with van der Waals surface area (Å²) >= 11 is 0. The van der Waals surface area contributed by atoms with Gasteiger partial charge in [0.15, 0.2) is 0 Å². The topological polar surface area (TPSA) is 64.6 Å². The number of carbonyl (C=O) groups is 1. The number of hydrogen-bond acceptors (Lipinski definition) is 5. The summed E-state index contributed by atoms with van der Waals surface area (Å²) in [4.78, 5) is 23.3. The van der Waals surface area contributed by atoms with Gasteiger partial charge in [-0.1, -0.05) is 12.1 Å². The quantitative estimate of drug-likeness (QED) is 0.540. The maximum atomic E-state index is 12.5. The molecule has 3 aromatic rings. The molecule has 0 spiro atoms. The second-order valence-electron chi connectivity index (χ2n) is 9.41. The molecule has 33 heavy (non-hydrogen) atoms. The zero-order valence-electron chi connectivity index (χ0n) is 19.8. The standard InChI is InChI=1S/C27H31N3O3/c1-19-9-13-28-23(16-19)18-32-24-6-5-12-29-25(24)22-8-7-20-10-14-30(15-11-21(20)17-22)26(31)33-27(2,3)4/h5-9,12-13,16-17H,10-11,14-15,18H2,1-4H3. The zero-order chi connectivity index (χ0) is 23.4. The highest BCUT2D eigenvalue weighted by Gasteiger charge is 2.24. The highest BCUT2D eigenvalue weighted by atomic mass is 16.6. The van der Waals surface area contributed by atoms with Crippen LogP contribution < -0.4 is 4.74 Å². The van der Waals surface area contributed by atoms with Gasteiger partial charge in [-0.05, 0) is 87.6 Å². The molecule has 172 valence electrons. The van der Waals surface area contributed by atoms with Crippen LogP contribution in [0.2, 0.25) is 0 Å². The summed E-state index contributed by atoms with van der Waals surface area (Å²) in [5, 5.41) is 0. The van der Waals surface area contributed by atoms with Crippen LogP contribution in [0.4, 0.5) is 4.79 Å². The fraction of sp³-hybridized carbons (Fsp3) is 0.370. The Balaban J connectivity index is 1.51. The summed E-state index contributed by atoms with van der Waals surface area (Å²) in [5.74, 6) is 0.727. The first-order valence-corrected chi connectivity index (χ1v) is 11.4. The Bertz CT molecular complexity index is 1140. The predicted octanol–water partition coefficient (Wildman–Crippen LogP) is 5.37. The number of ether oxygens (including phenoxy) is 2. The maximum absolute atomic E-state index is 12.5. The molecule has 0 atom stereocenters. The molecule has 0 unspecified atom stereocenters. The van der Waals surface area contributed by atoms with Crippen LogP contribution in [0.5, 0.6) is 5.75 Å². The Kier molecular flexibility index (Phi) is 6.63. The van der Waals surface area contributed by atoms with Crippen LogP contribution in [0.3, 0.4) is 0 Å². The van der Waals surface area contributed by atoms with Crippen molar-refractivity contribution in [3.05, 3.63) is 77.2 Å². The van der Waals surface area contributed by atoms with Crippen molar-refractivity contribution in [2.24, 2.45) is 0 Å². The van der Waals surface area contributed by atoms with Crippen molar-refractivity contribution in [3.8, 4) is 17.0 Å². The molecular formula is C27H31N3O3.